The normalized spacial score (nSPS) is 11.3. The Morgan fingerprint density at radius 1 is 1.07 bits per heavy atom. The maximum atomic E-state index is 12.5. The van der Waals surface area contributed by atoms with E-state index < -0.39 is 6.03 Å². The number of nitrogens with one attached hydrogen (secondary N) is 2. The molecule has 8 heteroatoms. The average Bonchev–Trinajstić information content (AvgIpc) is 3.03. The quantitative estimate of drug-likeness (QED) is 0.500. The van der Waals surface area contributed by atoms with Gasteiger partial charge in [0.15, 0.2) is 0 Å². The minimum atomic E-state index is -0.495. The number of phenolic OH excluding ortho intramolecular Hbond substituents is 1. The van der Waals surface area contributed by atoms with Gasteiger partial charge in [-0.25, -0.2) is 9.48 Å². The first kappa shape index (κ1) is 20.0. The molecule has 1 aromatic heterocycles. The molecule has 3 rings (SSSR count). The highest BCUT2D eigenvalue weighted by atomic mass is 35.5. The largest absolute Gasteiger partial charge is 0.508 e. The Morgan fingerprint density at radius 2 is 1.79 bits per heavy atom. The van der Waals surface area contributed by atoms with Crippen molar-refractivity contribution < 1.29 is 9.90 Å². The lowest BCUT2D eigenvalue weighted by Crippen LogP contribution is -2.21. The summed E-state index contributed by atoms with van der Waals surface area (Å²) in [7, 11) is 0. The molecule has 6 nitrogen and oxygen atoms in total. The summed E-state index contributed by atoms with van der Waals surface area (Å²) < 4.78 is 1.57. The van der Waals surface area contributed by atoms with Gasteiger partial charge in [0.2, 0.25) is 0 Å². The zero-order valence-corrected chi connectivity index (χ0v) is 17.1. The highest BCUT2D eigenvalue weighted by molar-refractivity contribution is 6.44. The average molecular weight is 419 g/mol. The number of aromatic nitrogens is 2. The molecule has 0 bridgehead atoms. The topological polar surface area (TPSA) is 79.2 Å². The number of hydrogen-bond acceptors (Lipinski definition) is 3. The summed E-state index contributed by atoms with van der Waals surface area (Å²) in [6.45, 7) is 6.08. The van der Waals surface area contributed by atoms with Gasteiger partial charge in [-0.1, -0.05) is 56.1 Å². The first-order valence-electron chi connectivity index (χ1n) is 8.57. The minimum absolute atomic E-state index is 0.103. The van der Waals surface area contributed by atoms with Gasteiger partial charge < -0.3 is 10.4 Å². The second kappa shape index (κ2) is 7.73. The lowest BCUT2D eigenvalue weighted by Gasteiger charge is -2.14. The third-order valence-corrected chi connectivity index (χ3v) is 4.81. The maximum Gasteiger partial charge on any atom is 0.324 e. The minimum Gasteiger partial charge on any atom is -0.508 e. The van der Waals surface area contributed by atoms with Gasteiger partial charge in [-0.05, 0) is 24.3 Å². The predicted molar refractivity (Wildman–Crippen MR) is 113 cm³/mol. The van der Waals surface area contributed by atoms with Crippen LogP contribution in [0.1, 0.15) is 26.5 Å². The van der Waals surface area contributed by atoms with E-state index in [9.17, 15) is 9.90 Å². The molecule has 3 aromatic rings. The van der Waals surface area contributed by atoms with Gasteiger partial charge in [0.05, 0.1) is 27.1 Å². The second-order valence-electron chi connectivity index (χ2n) is 7.28. The summed E-state index contributed by atoms with van der Waals surface area (Å²) in [6.07, 6.45) is 0. The molecule has 0 aliphatic rings. The van der Waals surface area contributed by atoms with Crippen molar-refractivity contribution in [2.75, 3.05) is 10.6 Å². The highest BCUT2D eigenvalue weighted by Gasteiger charge is 2.22. The Labute approximate surface area is 173 Å². The van der Waals surface area contributed by atoms with Crippen molar-refractivity contribution in [1.82, 2.24) is 9.78 Å². The van der Waals surface area contributed by atoms with Crippen LogP contribution < -0.4 is 10.6 Å². The molecule has 0 saturated heterocycles. The highest BCUT2D eigenvalue weighted by Crippen LogP contribution is 2.30. The van der Waals surface area contributed by atoms with E-state index in [2.05, 4.69) is 15.7 Å². The van der Waals surface area contributed by atoms with Crippen LogP contribution in [0.2, 0.25) is 10.0 Å². The molecule has 3 N–H and O–H groups in total. The molecule has 0 radical (unpaired) electrons. The SMILES string of the molecule is CC(C)(C)c1cc(NC(=O)Nc2cccc(Cl)c2Cl)n(-c2cccc(O)c2)n1. The molecule has 0 unspecified atom stereocenters. The number of anilines is 2. The number of urea groups is 1. The number of halogens is 2. The van der Waals surface area contributed by atoms with E-state index >= 15 is 0 Å². The molecule has 0 saturated carbocycles. The van der Waals surface area contributed by atoms with E-state index in [1.54, 1.807) is 53.2 Å². The molecule has 1 heterocycles. The Hall–Kier alpha value is -2.70. The zero-order chi connectivity index (χ0) is 20.5. The molecule has 2 aromatic carbocycles. The maximum absolute atomic E-state index is 12.5. The Bertz CT molecular complexity index is 1030. The smallest absolute Gasteiger partial charge is 0.324 e. The van der Waals surface area contributed by atoms with Crippen molar-refractivity contribution in [3.05, 3.63) is 64.3 Å². The van der Waals surface area contributed by atoms with Gasteiger partial charge in [-0.3, -0.25) is 5.32 Å². The Morgan fingerprint density at radius 3 is 2.46 bits per heavy atom. The van der Waals surface area contributed by atoms with E-state index in [0.29, 0.717) is 22.2 Å². The van der Waals surface area contributed by atoms with Crippen LogP contribution >= 0.6 is 23.2 Å². The van der Waals surface area contributed by atoms with Crippen molar-refractivity contribution in [3.63, 3.8) is 0 Å². The van der Waals surface area contributed by atoms with Crippen molar-refractivity contribution in [2.24, 2.45) is 0 Å². The summed E-state index contributed by atoms with van der Waals surface area (Å²) >= 11 is 12.1. The van der Waals surface area contributed by atoms with Gasteiger partial charge in [0, 0.05) is 17.5 Å². The lowest BCUT2D eigenvalue weighted by atomic mass is 9.92. The predicted octanol–water partition coefficient (Wildman–Crippen LogP) is 5.83. The summed E-state index contributed by atoms with van der Waals surface area (Å²) in [5.74, 6) is 0.553. The number of amides is 2. The molecule has 28 heavy (non-hydrogen) atoms. The summed E-state index contributed by atoms with van der Waals surface area (Å²) in [5, 5.41) is 20.5. The second-order valence-corrected chi connectivity index (χ2v) is 8.06. The van der Waals surface area contributed by atoms with E-state index in [4.69, 9.17) is 23.2 Å². The van der Waals surface area contributed by atoms with Crippen LogP contribution in [0.5, 0.6) is 5.75 Å². The molecular formula is C20H20Cl2N4O2. The number of rotatable bonds is 3. The summed E-state index contributed by atoms with van der Waals surface area (Å²) in [5.41, 5.74) is 1.57. The van der Waals surface area contributed by atoms with Crippen LogP contribution in [-0.4, -0.2) is 20.9 Å². The Balaban J connectivity index is 1.93. The van der Waals surface area contributed by atoms with Gasteiger partial charge >= 0.3 is 6.03 Å². The molecule has 0 aliphatic carbocycles. The van der Waals surface area contributed by atoms with E-state index in [0.717, 1.165) is 5.69 Å². The first-order valence-corrected chi connectivity index (χ1v) is 9.33. The fraction of sp³-hybridized carbons (Fsp3) is 0.200. The molecule has 0 spiro atoms. The summed E-state index contributed by atoms with van der Waals surface area (Å²) in [4.78, 5) is 12.5. The number of carbonyl (C=O) groups is 1. The van der Waals surface area contributed by atoms with Crippen LogP contribution in [0.25, 0.3) is 5.69 Å². The number of hydrogen-bond donors (Lipinski definition) is 3. The molecule has 0 aliphatic heterocycles. The van der Waals surface area contributed by atoms with Crippen LogP contribution in [0.15, 0.2) is 48.5 Å². The van der Waals surface area contributed by atoms with Crippen molar-refractivity contribution in [2.45, 2.75) is 26.2 Å². The molecule has 0 fully saturated rings. The molecule has 146 valence electrons. The van der Waals surface area contributed by atoms with Crippen molar-refractivity contribution in [1.29, 1.82) is 0 Å². The third kappa shape index (κ3) is 4.40. The number of carbonyl (C=O) groups excluding carboxylic acids is 1. The van der Waals surface area contributed by atoms with Crippen molar-refractivity contribution in [3.8, 4) is 11.4 Å². The van der Waals surface area contributed by atoms with Crippen LogP contribution in [-0.2, 0) is 5.41 Å². The first-order chi connectivity index (χ1) is 13.1. The van der Waals surface area contributed by atoms with Gasteiger partial charge in [-0.15, -0.1) is 0 Å². The van der Waals surface area contributed by atoms with E-state index in [1.807, 2.05) is 20.8 Å². The lowest BCUT2D eigenvalue weighted by molar-refractivity contribution is 0.262. The van der Waals surface area contributed by atoms with Crippen LogP contribution in [0, 0.1) is 0 Å². The number of nitrogens with zero attached hydrogens (tertiary/aromatic N) is 2. The fourth-order valence-electron chi connectivity index (χ4n) is 2.53. The van der Waals surface area contributed by atoms with E-state index in [-0.39, 0.29) is 16.2 Å². The molecule has 2 amide bonds. The van der Waals surface area contributed by atoms with Crippen LogP contribution in [0.3, 0.4) is 0 Å². The number of benzene rings is 2. The number of phenols is 1. The van der Waals surface area contributed by atoms with Gasteiger partial charge in [0.25, 0.3) is 0 Å². The zero-order valence-electron chi connectivity index (χ0n) is 15.6. The standard InChI is InChI=1S/C20H20Cl2N4O2/c1-20(2,3)16-11-17(26(25-16)12-6-4-7-13(27)10-12)24-19(28)23-15-9-5-8-14(21)18(15)22/h4-11,27H,1-3H3,(H2,23,24,28). The number of aromatic hydroxyl groups is 1. The van der Waals surface area contributed by atoms with Gasteiger partial charge in [-0.2, -0.15) is 5.10 Å². The van der Waals surface area contributed by atoms with Crippen LogP contribution in [0.4, 0.5) is 16.3 Å². The Kier molecular flexibility index (Phi) is 5.54. The molecular weight excluding hydrogens is 399 g/mol. The third-order valence-electron chi connectivity index (χ3n) is 3.99. The fourth-order valence-corrected chi connectivity index (χ4v) is 2.88. The van der Waals surface area contributed by atoms with E-state index in [1.165, 1.54) is 0 Å². The summed E-state index contributed by atoms with van der Waals surface area (Å²) in [6, 6.07) is 12.9. The monoisotopic (exact) mass is 418 g/mol. The van der Waals surface area contributed by atoms with Crippen molar-refractivity contribution >= 4 is 40.7 Å². The molecule has 0 atom stereocenters. The van der Waals surface area contributed by atoms with Gasteiger partial charge in [0.1, 0.15) is 11.6 Å².